The van der Waals surface area contributed by atoms with Gasteiger partial charge in [0.05, 0.1) is 73.2 Å². The van der Waals surface area contributed by atoms with E-state index in [1.165, 1.54) is 41.7 Å². The average molecular weight is 1130 g/mol. The molecule has 384 valence electrons. The first-order valence-corrected chi connectivity index (χ1v) is 26.9. The number of phenolic OH excluding ortho intramolecular Hbond substituents is 1. The average Bonchev–Trinajstić information content (AvgIpc) is 3.94. The van der Waals surface area contributed by atoms with Crippen molar-refractivity contribution >= 4 is 137 Å². The first-order chi connectivity index (χ1) is 35.1. The van der Waals surface area contributed by atoms with Crippen LogP contribution in [-0.2, 0) is 49.1 Å². The number of hydrogen-bond acceptors (Lipinski definition) is 27. The van der Waals surface area contributed by atoms with Crippen LogP contribution in [0, 0.1) is 25.2 Å². The van der Waals surface area contributed by atoms with E-state index in [-0.39, 0.29) is 107 Å². The van der Waals surface area contributed by atoms with E-state index in [4.69, 9.17) is 15.3 Å². The van der Waals surface area contributed by atoms with Crippen LogP contribution in [0.1, 0.15) is 23.1 Å². The summed E-state index contributed by atoms with van der Waals surface area (Å²) in [5, 5.41) is 82.2. The Hall–Kier alpha value is -6.92. The van der Waals surface area contributed by atoms with Gasteiger partial charge >= 0.3 is 0 Å². The van der Waals surface area contributed by atoms with Crippen molar-refractivity contribution in [1.29, 1.82) is 5.26 Å². The number of imidazole rings is 1. The highest BCUT2D eigenvalue weighted by Gasteiger charge is 2.27. The molecule has 0 aliphatic rings. The normalized spacial score (nSPS) is 12.7. The Kier molecular flexibility index (Phi) is 15.5. The van der Waals surface area contributed by atoms with E-state index < -0.39 is 74.3 Å². The van der Waals surface area contributed by atoms with Crippen molar-refractivity contribution in [3.63, 3.8) is 0 Å². The van der Waals surface area contributed by atoms with Crippen molar-refractivity contribution in [2.75, 3.05) is 12.4 Å². The second kappa shape index (κ2) is 21.5. The molecule has 0 aliphatic carbocycles. The number of rotatable bonds is 19. The standard InChI is InChI=1S/C40H30N10O18S6/c1-18-14-27(29(64-12-5-13-72(55,56)57)16-26(18)45-49-40-43-24-10-11-30(70-67-65-53)37(35(24)69-40)74(61,62)63)46-48-33-31(71-68-66-54)15-21-20(34(33)51)8-9-25(36(21)73(58,59)60)44-47-32-19(2)22(17-41)38-42-23-6-3-4-7-28(23)50(38)39(32)52/h3-4,6-11,14-16,51-54H,5,12-13H2,1-2H3,(H,55,56,57)(H,58,59,60)(H,61,62,63). The van der Waals surface area contributed by atoms with Gasteiger partial charge in [-0.3, -0.25) is 18.1 Å². The smallest absolute Gasteiger partial charge is 0.297 e. The molecule has 0 radical (unpaired) electrons. The molecule has 0 unspecified atom stereocenters. The fourth-order valence-electron chi connectivity index (χ4n) is 7.20. The Morgan fingerprint density at radius 1 is 0.730 bits per heavy atom. The van der Waals surface area contributed by atoms with E-state index in [0.29, 0.717) is 27.9 Å². The number of pyridine rings is 1. The molecule has 7 N–H and O–H groups in total. The first kappa shape index (κ1) is 53.4. The van der Waals surface area contributed by atoms with Crippen LogP contribution in [0.25, 0.3) is 37.7 Å². The zero-order chi connectivity index (χ0) is 53.3. The lowest BCUT2D eigenvalue weighted by Crippen LogP contribution is -2.08. The van der Waals surface area contributed by atoms with Crippen LogP contribution < -0.4 is 4.74 Å². The molecule has 74 heavy (non-hydrogen) atoms. The van der Waals surface area contributed by atoms with Crippen molar-refractivity contribution in [1.82, 2.24) is 14.4 Å². The lowest BCUT2D eigenvalue weighted by Gasteiger charge is -2.13. The van der Waals surface area contributed by atoms with Gasteiger partial charge in [-0.15, -0.1) is 39.4 Å². The molecule has 0 bridgehead atoms. The lowest BCUT2D eigenvalue weighted by molar-refractivity contribution is -0.432. The molecule has 0 aliphatic heterocycles. The molecule has 3 aromatic heterocycles. The highest BCUT2D eigenvalue weighted by atomic mass is 32.2. The molecule has 5 aromatic carbocycles. The second-order valence-corrected chi connectivity index (χ2v) is 21.7. The predicted octanol–water partition coefficient (Wildman–Crippen LogP) is 10.4. The van der Waals surface area contributed by atoms with Crippen molar-refractivity contribution in [3.05, 3.63) is 83.4 Å². The van der Waals surface area contributed by atoms with Gasteiger partial charge in [0.1, 0.15) is 44.2 Å². The van der Waals surface area contributed by atoms with Crippen LogP contribution in [0.4, 0.5) is 33.6 Å². The monoisotopic (exact) mass is 1130 g/mol. The van der Waals surface area contributed by atoms with Crippen molar-refractivity contribution in [3.8, 4) is 23.4 Å². The largest absolute Gasteiger partial charge is 0.505 e. The second-order valence-electron chi connectivity index (χ2n) is 15.0. The first-order valence-electron chi connectivity index (χ1n) is 20.1. The van der Waals surface area contributed by atoms with Gasteiger partial charge in [0, 0.05) is 22.4 Å². The van der Waals surface area contributed by atoms with Gasteiger partial charge in [0.15, 0.2) is 17.1 Å². The van der Waals surface area contributed by atoms with Crippen LogP contribution in [0.15, 0.2) is 117 Å². The van der Waals surface area contributed by atoms with Crippen LogP contribution >= 0.6 is 35.4 Å². The third-order valence-electron chi connectivity index (χ3n) is 10.3. The Labute approximate surface area is 427 Å². The molecule has 8 aromatic rings. The number of azo groups is 3. The number of aromatic nitrogens is 3. The van der Waals surface area contributed by atoms with Gasteiger partial charge in [0.25, 0.3) is 30.4 Å². The molecule has 0 saturated carbocycles. The summed E-state index contributed by atoms with van der Waals surface area (Å²) in [5.74, 6) is -2.11. The molecular weight excluding hydrogens is 1100 g/mol. The fourth-order valence-corrected chi connectivity index (χ4v) is 11.8. The molecule has 0 amide bonds. The highest BCUT2D eigenvalue weighted by molar-refractivity contribution is 7.95. The van der Waals surface area contributed by atoms with Gasteiger partial charge in [-0.1, -0.05) is 33.5 Å². The van der Waals surface area contributed by atoms with E-state index in [9.17, 15) is 54.4 Å². The van der Waals surface area contributed by atoms with Gasteiger partial charge in [0.2, 0.25) is 11.0 Å². The summed E-state index contributed by atoms with van der Waals surface area (Å²) in [5.41, 5.74) is 0.294. The number of benzene rings is 5. The van der Waals surface area contributed by atoms with Gasteiger partial charge in [-0.05, 0) is 74.4 Å². The molecule has 0 atom stereocenters. The molecule has 0 fully saturated rings. The van der Waals surface area contributed by atoms with E-state index >= 15 is 0 Å². The SMILES string of the molecule is Cc1cc(N=Nc2c(SOOO)cc3c(S(=O)(=O)O)c(N=Nc4c(C)c(C#N)c5nc6ccccc6n5c4O)ccc3c2O)c(OCCCS(=O)(=O)O)cc1N=Nc1nc2ccc(SOOO)c(S(=O)(=O)O)c2s1. The number of phenols is 1. The summed E-state index contributed by atoms with van der Waals surface area (Å²) in [7, 11) is -14.6. The summed E-state index contributed by atoms with van der Waals surface area (Å²) in [6, 6.07) is 17.3. The number of fused-ring (bicyclic) bond motifs is 5. The molecular formula is C40H30N10O18S6. The number of nitriles is 1. The van der Waals surface area contributed by atoms with Crippen LogP contribution in [0.2, 0.25) is 0 Å². The molecule has 3 heterocycles. The topological polar surface area (TPSA) is 418 Å². The Balaban J connectivity index is 1.20. The Bertz CT molecular complexity index is 4070. The summed E-state index contributed by atoms with van der Waals surface area (Å²) in [6.45, 7) is 2.67. The number of nitrogens with zero attached hydrogens (tertiary/aromatic N) is 10. The van der Waals surface area contributed by atoms with Crippen molar-refractivity contribution < 1.29 is 83.1 Å². The van der Waals surface area contributed by atoms with Crippen LogP contribution in [0.5, 0.6) is 17.4 Å². The number of thiazole rings is 1. The number of aryl methyl sites for hydroxylation is 1. The minimum absolute atomic E-state index is 0.0220. The highest BCUT2D eigenvalue weighted by Crippen LogP contribution is 2.49. The lowest BCUT2D eigenvalue weighted by atomic mass is 10.1. The number of aromatic hydroxyl groups is 2. The van der Waals surface area contributed by atoms with E-state index in [2.05, 4.69) is 59.4 Å². The summed E-state index contributed by atoms with van der Waals surface area (Å²) in [4.78, 5) is 6.68. The van der Waals surface area contributed by atoms with Crippen molar-refractivity contribution in [2.45, 2.75) is 39.9 Å². The van der Waals surface area contributed by atoms with Gasteiger partial charge in [-0.2, -0.15) is 30.5 Å². The maximum atomic E-state index is 13.2. The predicted molar refractivity (Wildman–Crippen MR) is 260 cm³/mol. The van der Waals surface area contributed by atoms with E-state index in [1.54, 1.807) is 31.2 Å². The maximum Gasteiger partial charge on any atom is 0.297 e. The molecule has 34 heteroatoms. The van der Waals surface area contributed by atoms with Crippen molar-refractivity contribution in [2.24, 2.45) is 30.7 Å². The van der Waals surface area contributed by atoms with Crippen LogP contribution in [0.3, 0.4) is 0 Å². The zero-order valence-corrected chi connectivity index (χ0v) is 41.9. The Morgan fingerprint density at radius 3 is 2.09 bits per heavy atom. The molecule has 28 nitrogen and oxygen atoms in total. The third-order valence-corrected chi connectivity index (χ3v) is 15.5. The summed E-state index contributed by atoms with van der Waals surface area (Å²) >= 11 is 1.18. The van der Waals surface area contributed by atoms with Gasteiger partial charge < -0.3 is 14.9 Å². The molecule has 8 rings (SSSR count). The zero-order valence-electron chi connectivity index (χ0n) is 37.0. The third kappa shape index (κ3) is 11.1. The number of hydrogen-bond donors (Lipinski definition) is 7. The van der Waals surface area contributed by atoms with E-state index in [0.717, 1.165) is 12.1 Å². The molecule has 0 spiro atoms. The van der Waals surface area contributed by atoms with Crippen LogP contribution in [-0.4, -0.2) is 86.4 Å². The molecule has 0 saturated heterocycles. The fraction of sp³-hybridized carbons (Fsp3) is 0.125. The minimum Gasteiger partial charge on any atom is -0.505 e. The maximum absolute atomic E-state index is 13.2. The summed E-state index contributed by atoms with van der Waals surface area (Å²) in [6.07, 6.45) is -0.223. The number of para-hydroxylation sites is 2. The van der Waals surface area contributed by atoms with Gasteiger partial charge in [-0.25, -0.2) is 20.5 Å². The van der Waals surface area contributed by atoms with E-state index in [1.807, 2.05) is 6.07 Å². The minimum atomic E-state index is -5.27. The quantitative estimate of drug-likeness (QED) is 0.00987. The summed E-state index contributed by atoms with van der Waals surface area (Å²) < 4.78 is 120. The Morgan fingerprint density at radius 2 is 1.41 bits per heavy atom. The number of ether oxygens (including phenoxy) is 1.